The van der Waals surface area contributed by atoms with Crippen molar-refractivity contribution >= 4 is 23.4 Å². The fourth-order valence-corrected chi connectivity index (χ4v) is 5.51. The largest absolute Gasteiger partial charge is 0.490 e. The average Bonchev–Trinajstić information content (AvgIpc) is 2.90. The molecule has 0 aromatic heterocycles. The Kier molecular flexibility index (Phi) is 9.92. The van der Waals surface area contributed by atoms with Crippen LogP contribution < -0.4 is 4.74 Å². The third-order valence-corrected chi connectivity index (χ3v) is 8.48. The van der Waals surface area contributed by atoms with E-state index in [1.165, 1.54) is 0 Å². The highest BCUT2D eigenvalue weighted by Crippen LogP contribution is 2.27. The van der Waals surface area contributed by atoms with Crippen LogP contribution in [0.2, 0.25) is 5.02 Å². The number of rotatable bonds is 8. The van der Waals surface area contributed by atoms with Crippen LogP contribution in [0.5, 0.6) is 5.75 Å². The number of ether oxygens (including phenoxy) is 2. The maximum atomic E-state index is 13.4. The predicted octanol–water partition coefficient (Wildman–Crippen LogP) is 1.81. The highest BCUT2D eigenvalue weighted by molar-refractivity contribution is 6.31. The van der Waals surface area contributed by atoms with Gasteiger partial charge in [0.25, 0.3) is 0 Å². The van der Waals surface area contributed by atoms with Crippen LogP contribution in [0.3, 0.4) is 0 Å². The third-order valence-electron chi connectivity index (χ3n) is 8.06. The van der Waals surface area contributed by atoms with Crippen molar-refractivity contribution in [2.75, 3.05) is 92.3 Å². The van der Waals surface area contributed by atoms with Gasteiger partial charge in [-0.3, -0.25) is 19.4 Å². The minimum absolute atomic E-state index is 0.0492. The fourth-order valence-electron chi connectivity index (χ4n) is 5.40. The van der Waals surface area contributed by atoms with Crippen LogP contribution in [0.1, 0.15) is 25.8 Å². The maximum Gasteiger partial charge on any atom is 0.236 e. The summed E-state index contributed by atoms with van der Waals surface area (Å²) in [7, 11) is 2.07. The first kappa shape index (κ1) is 29.1. The summed E-state index contributed by atoms with van der Waals surface area (Å²) in [5.41, 5.74) is 0.0174. The number of amides is 2. The van der Waals surface area contributed by atoms with Crippen molar-refractivity contribution in [3.63, 3.8) is 0 Å². The Labute approximate surface area is 232 Å². The van der Waals surface area contributed by atoms with E-state index < -0.39 is 5.60 Å². The molecule has 0 unspecified atom stereocenters. The first-order valence-corrected chi connectivity index (χ1v) is 14.3. The molecular formula is C28H44ClN5O4. The number of nitrogens with zero attached hydrogens (tertiary/aromatic N) is 5. The third kappa shape index (κ3) is 7.60. The van der Waals surface area contributed by atoms with Gasteiger partial charge in [0.15, 0.2) is 0 Å². The topological polar surface area (TPSA) is 68.8 Å². The Balaban J connectivity index is 1.43. The van der Waals surface area contributed by atoms with Crippen molar-refractivity contribution < 1.29 is 19.1 Å². The molecule has 4 rings (SSSR count). The Hall–Kier alpha value is -1.91. The lowest BCUT2D eigenvalue weighted by atomic mass is 9.96. The van der Waals surface area contributed by atoms with Crippen molar-refractivity contribution in [3.8, 4) is 5.75 Å². The van der Waals surface area contributed by atoms with Gasteiger partial charge >= 0.3 is 0 Å². The molecule has 38 heavy (non-hydrogen) atoms. The number of carbonyl (C=O) groups is 2. The monoisotopic (exact) mass is 549 g/mol. The van der Waals surface area contributed by atoms with E-state index in [1.54, 1.807) is 0 Å². The van der Waals surface area contributed by atoms with Crippen LogP contribution in [0.25, 0.3) is 0 Å². The average molecular weight is 550 g/mol. The standard InChI is InChI=1S/C28H44ClN5O4/c1-22(2)32-13-9-31(10-14-32)19-27(36)34-15-16-38-28(20-34,18-26(35)33-11-7-30(4)8-12-33)21-37-24-5-6-25(29)23(3)17-24/h5-6,17,22H,7-16,18-21H2,1-4H3/t28-/m0/s1. The second-order valence-electron chi connectivity index (χ2n) is 11.3. The number of aryl methyl sites for hydroxylation is 1. The van der Waals surface area contributed by atoms with Gasteiger partial charge in [-0.1, -0.05) is 11.6 Å². The molecule has 1 aromatic carbocycles. The van der Waals surface area contributed by atoms with Gasteiger partial charge in [-0.15, -0.1) is 0 Å². The molecule has 0 radical (unpaired) electrons. The first-order chi connectivity index (χ1) is 18.1. The number of carbonyl (C=O) groups excluding carboxylic acids is 2. The first-order valence-electron chi connectivity index (χ1n) is 13.9. The lowest BCUT2D eigenvalue weighted by molar-refractivity contribution is -0.167. The molecule has 1 atom stereocenters. The minimum Gasteiger partial charge on any atom is -0.490 e. The van der Waals surface area contributed by atoms with Crippen LogP contribution in [-0.4, -0.2) is 140 Å². The minimum atomic E-state index is -0.905. The summed E-state index contributed by atoms with van der Waals surface area (Å²) in [6.45, 7) is 15.0. The molecule has 3 aliphatic heterocycles. The maximum absolute atomic E-state index is 13.4. The molecule has 9 nitrogen and oxygen atoms in total. The zero-order valence-corrected chi connectivity index (χ0v) is 24.2. The highest BCUT2D eigenvalue weighted by atomic mass is 35.5. The van der Waals surface area contributed by atoms with E-state index in [-0.39, 0.29) is 24.8 Å². The van der Waals surface area contributed by atoms with Gasteiger partial charge in [-0.2, -0.15) is 0 Å². The van der Waals surface area contributed by atoms with Gasteiger partial charge in [0.2, 0.25) is 11.8 Å². The molecule has 0 saturated carbocycles. The molecule has 0 spiro atoms. The summed E-state index contributed by atoms with van der Waals surface area (Å²) >= 11 is 6.19. The predicted molar refractivity (Wildman–Crippen MR) is 149 cm³/mol. The van der Waals surface area contributed by atoms with Crippen molar-refractivity contribution in [1.29, 1.82) is 0 Å². The fraction of sp³-hybridized carbons (Fsp3) is 0.714. The number of hydrogen-bond acceptors (Lipinski definition) is 7. The van der Waals surface area contributed by atoms with E-state index in [9.17, 15) is 9.59 Å². The van der Waals surface area contributed by atoms with E-state index in [1.807, 2.05) is 34.9 Å². The number of benzene rings is 1. The van der Waals surface area contributed by atoms with Gasteiger partial charge < -0.3 is 24.2 Å². The van der Waals surface area contributed by atoms with Crippen LogP contribution in [0.15, 0.2) is 18.2 Å². The normalized spacial score (nSPS) is 24.2. The molecule has 3 heterocycles. The van der Waals surface area contributed by atoms with Gasteiger partial charge in [0, 0.05) is 70.0 Å². The van der Waals surface area contributed by atoms with Gasteiger partial charge in [0.1, 0.15) is 18.0 Å². The van der Waals surface area contributed by atoms with E-state index >= 15 is 0 Å². The molecular weight excluding hydrogens is 506 g/mol. The summed E-state index contributed by atoms with van der Waals surface area (Å²) < 4.78 is 12.5. The smallest absolute Gasteiger partial charge is 0.236 e. The molecule has 3 fully saturated rings. The Morgan fingerprint density at radius 3 is 2.37 bits per heavy atom. The van der Waals surface area contributed by atoms with Crippen molar-refractivity contribution in [2.24, 2.45) is 0 Å². The van der Waals surface area contributed by atoms with Gasteiger partial charge in [-0.25, -0.2) is 0 Å². The Morgan fingerprint density at radius 1 is 1.00 bits per heavy atom. The summed E-state index contributed by atoms with van der Waals surface area (Å²) in [5.74, 6) is 0.812. The molecule has 1 aromatic rings. The lowest BCUT2D eigenvalue weighted by Crippen LogP contribution is -2.60. The molecule has 3 aliphatic rings. The number of hydrogen-bond donors (Lipinski definition) is 0. The van der Waals surface area contributed by atoms with E-state index in [2.05, 4.69) is 35.6 Å². The Bertz CT molecular complexity index is 963. The van der Waals surface area contributed by atoms with Crippen LogP contribution in [0.4, 0.5) is 0 Å². The zero-order chi connectivity index (χ0) is 27.3. The summed E-state index contributed by atoms with van der Waals surface area (Å²) in [5, 5.41) is 0.678. The number of halogens is 1. The van der Waals surface area contributed by atoms with Crippen molar-refractivity contribution in [2.45, 2.75) is 38.8 Å². The number of likely N-dealkylation sites (N-methyl/N-ethyl adjacent to an activating group) is 1. The summed E-state index contributed by atoms with van der Waals surface area (Å²) in [4.78, 5) is 37.5. The summed E-state index contributed by atoms with van der Waals surface area (Å²) in [6.07, 6.45) is 0.181. The second kappa shape index (κ2) is 13.0. The molecule has 3 saturated heterocycles. The zero-order valence-electron chi connectivity index (χ0n) is 23.5. The molecule has 0 bridgehead atoms. The lowest BCUT2D eigenvalue weighted by Gasteiger charge is -2.44. The van der Waals surface area contributed by atoms with Crippen molar-refractivity contribution in [1.82, 2.24) is 24.5 Å². The van der Waals surface area contributed by atoms with Gasteiger partial charge in [0.05, 0.1) is 26.1 Å². The molecule has 0 N–H and O–H groups in total. The molecule has 2 amide bonds. The quantitative estimate of drug-likeness (QED) is 0.490. The van der Waals surface area contributed by atoms with Crippen molar-refractivity contribution in [3.05, 3.63) is 28.8 Å². The van der Waals surface area contributed by atoms with E-state index in [4.69, 9.17) is 21.1 Å². The number of morpholine rings is 1. The van der Waals surface area contributed by atoms with E-state index in [0.29, 0.717) is 56.1 Å². The van der Waals surface area contributed by atoms with Gasteiger partial charge in [-0.05, 0) is 51.6 Å². The van der Waals surface area contributed by atoms with E-state index in [0.717, 1.165) is 44.8 Å². The second-order valence-corrected chi connectivity index (χ2v) is 11.7. The summed E-state index contributed by atoms with van der Waals surface area (Å²) in [6, 6.07) is 6.05. The van der Waals surface area contributed by atoms with Crippen LogP contribution >= 0.6 is 11.6 Å². The molecule has 212 valence electrons. The van der Waals surface area contributed by atoms with Crippen LogP contribution in [-0.2, 0) is 14.3 Å². The van der Waals surface area contributed by atoms with Crippen LogP contribution in [0, 0.1) is 6.92 Å². The highest BCUT2D eigenvalue weighted by Gasteiger charge is 2.42. The number of piperazine rings is 2. The Morgan fingerprint density at radius 2 is 1.71 bits per heavy atom. The molecule has 0 aliphatic carbocycles. The molecule has 10 heteroatoms. The SMILES string of the molecule is Cc1cc(OC[C@]2(CC(=O)N3CCN(C)CC3)CN(C(=O)CN3CCN(C(C)C)CC3)CCO2)ccc1Cl.